The normalized spacial score (nSPS) is 13.5. The van der Waals surface area contributed by atoms with Crippen molar-refractivity contribution in [1.82, 2.24) is 0 Å². The van der Waals surface area contributed by atoms with E-state index in [2.05, 4.69) is 29.2 Å². The van der Waals surface area contributed by atoms with Gasteiger partial charge in [-0.15, -0.1) is 0 Å². The molecule has 0 aliphatic carbocycles. The van der Waals surface area contributed by atoms with Gasteiger partial charge in [0.25, 0.3) is 0 Å². The lowest BCUT2D eigenvalue weighted by atomic mass is 10.0. The molecular formula is C39H30N3O2P. The lowest BCUT2D eigenvalue weighted by Gasteiger charge is -2.31. The highest BCUT2D eigenvalue weighted by atomic mass is 31.2. The first-order valence-corrected chi connectivity index (χ1v) is 16.2. The van der Waals surface area contributed by atoms with Gasteiger partial charge in [0.05, 0.1) is 24.8 Å². The summed E-state index contributed by atoms with van der Waals surface area (Å²) in [6, 6.07) is 49.0. The Labute approximate surface area is 264 Å². The van der Waals surface area contributed by atoms with E-state index < -0.39 is 6.89 Å². The second-order valence-corrected chi connectivity index (χ2v) is 13.7. The molecular weight excluding hydrogens is 573 g/mol. The summed E-state index contributed by atoms with van der Waals surface area (Å²) < 4.78 is 10.8. The Morgan fingerprint density at radius 3 is 1.38 bits per heavy atom. The molecule has 0 aromatic heterocycles. The van der Waals surface area contributed by atoms with Crippen molar-refractivity contribution in [2.45, 2.75) is 0 Å². The maximum absolute atomic E-state index is 10.6. The average Bonchev–Trinajstić information content (AvgIpc) is 3.12. The molecule has 0 atom stereocenters. The number of allylic oxidation sites excluding steroid dienone is 4. The number of anilines is 3. The molecule has 5 aromatic carbocycles. The molecule has 1 aliphatic rings. The van der Waals surface area contributed by atoms with Gasteiger partial charge in [0, 0.05) is 23.9 Å². The van der Waals surface area contributed by atoms with Crippen LogP contribution < -0.4 is 25.0 Å². The summed E-state index contributed by atoms with van der Waals surface area (Å²) in [7, 11) is 3.31. The lowest BCUT2D eigenvalue weighted by molar-refractivity contribution is 0.415. The van der Waals surface area contributed by atoms with Crippen LogP contribution in [-0.2, 0) is 0 Å². The van der Waals surface area contributed by atoms with E-state index in [1.165, 1.54) is 0 Å². The Balaban J connectivity index is 1.47. The van der Waals surface area contributed by atoms with Crippen LogP contribution >= 0.6 is 6.89 Å². The SMILES string of the molecule is COc1ccc(N(c2ccc(OC)cc2)c2ccc(C3=CC(C#N)=P(c4ccccc4)(c4ccccc4)C(C#N)=C3)cc2)cc1. The minimum atomic E-state index is -2.64. The Hall–Kier alpha value is -5.74. The molecule has 5 aromatic rings. The van der Waals surface area contributed by atoms with Crippen molar-refractivity contribution in [2.24, 2.45) is 0 Å². The van der Waals surface area contributed by atoms with Gasteiger partial charge in [0.15, 0.2) is 0 Å². The number of hydrogen-bond donors (Lipinski definition) is 0. The first-order valence-electron chi connectivity index (χ1n) is 14.4. The van der Waals surface area contributed by atoms with Gasteiger partial charge in [-0.2, -0.15) is 10.5 Å². The van der Waals surface area contributed by atoms with Crippen LogP contribution in [0.2, 0.25) is 0 Å². The van der Waals surface area contributed by atoms with Crippen LogP contribution in [0, 0.1) is 22.7 Å². The zero-order valence-corrected chi connectivity index (χ0v) is 25.9. The fourth-order valence-electron chi connectivity index (χ4n) is 5.76. The van der Waals surface area contributed by atoms with Gasteiger partial charge < -0.3 is 14.4 Å². The van der Waals surface area contributed by atoms with Crippen molar-refractivity contribution in [3.8, 4) is 23.6 Å². The minimum Gasteiger partial charge on any atom is -0.497 e. The molecule has 0 spiro atoms. The maximum Gasteiger partial charge on any atom is 0.119 e. The molecule has 0 radical (unpaired) electrons. The number of rotatable bonds is 8. The largest absolute Gasteiger partial charge is 0.497 e. The van der Waals surface area contributed by atoms with Crippen molar-refractivity contribution in [3.05, 3.63) is 156 Å². The first kappa shape index (κ1) is 29.3. The Bertz CT molecular complexity index is 1930. The van der Waals surface area contributed by atoms with E-state index in [0.29, 0.717) is 10.6 Å². The van der Waals surface area contributed by atoms with E-state index >= 15 is 0 Å². The zero-order chi connectivity index (χ0) is 31.2. The third-order valence-corrected chi connectivity index (χ3v) is 12.0. The van der Waals surface area contributed by atoms with Crippen LogP contribution in [0.1, 0.15) is 5.56 Å². The summed E-state index contributed by atoms with van der Waals surface area (Å²) in [6.45, 7) is -2.64. The smallest absolute Gasteiger partial charge is 0.119 e. The van der Waals surface area contributed by atoms with E-state index in [9.17, 15) is 10.5 Å². The summed E-state index contributed by atoms with van der Waals surface area (Å²) >= 11 is 0. The van der Waals surface area contributed by atoms with Gasteiger partial charge in [-0.1, -0.05) is 72.8 Å². The second kappa shape index (κ2) is 12.9. The number of benzene rings is 5. The van der Waals surface area contributed by atoms with Crippen molar-refractivity contribution < 1.29 is 9.47 Å². The highest BCUT2D eigenvalue weighted by Crippen LogP contribution is 2.57. The van der Waals surface area contributed by atoms with Crippen molar-refractivity contribution in [1.29, 1.82) is 10.5 Å². The van der Waals surface area contributed by atoms with Crippen molar-refractivity contribution in [3.63, 3.8) is 0 Å². The molecule has 1 aliphatic heterocycles. The van der Waals surface area contributed by atoms with Crippen LogP contribution in [0.3, 0.4) is 0 Å². The van der Waals surface area contributed by atoms with Gasteiger partial charge in [0.2, 0.25) is 0 Å². The number of hydrogen-bond acceptors (Lipinski definition) is 5. The van der Waals surface area contributed by atoms with Crippen LogP contribution in [-0.4, -0.2) is 19.5 Å². The van der Waals surface area contributed by atoms with Crippen molar-refractivity contribution in [2.75, 3.05) is 19.1 Å². The molecule has 1 heterocycles. The fourth-order valence-corrected chi connectivity index (χ4v) is 9.64. The molecule has 0 amide bonds. The van der Waals surface area contributed by atoms with Gasteiger partial charge >= 0.3 is 0 Å². The van der Waals surface area contributed by atoms with Crippen LogP contribution in [0.5, 0.6) is 11.5 Å². The maximum atomic E-state index is 10.6. The summed E-state index contributed by atoms with van der Waals surface area (Å²) in [5.41, 5.74) is 4.64. The van der Waals surface area contributed by atoms with E-state index in [1.807, 2.05) is 133 Å². The van der Waals surface area contributed by atoms with Crippen LogP contribution in [0.15, 0.2) is 151 Å². The van der Waals surface area contributed by atoms with Crippen LogP contribution in [0.25, 0.3) is 5.57 Å². The molecule has 0 saturated carbocycles. The summed E-state index contributed by atoms with van der Waals surface area (Å²) in [6.07, 6.45) is 3.93. The number of nitrogens with zero attached hydrogens (tertiary/aromatic N) is 3. The molecule has 218 valence electrons. The number of nitriles is 2. The molecule has 0 unspecified atom stereocenters. The van der Waals surface area contributed by atoms with E-state index in [1.54, 1.807) is 14.2 Å². The number of ether oxygens (including phenoxy) is 2. The van der Waals surface area contributed by atoms with Gasteiger partial charge in [-0.05, 0) is 94.6 Å². The van der Waals surface area contributed by atoms with E-state index in [4.69, 9.17) is 9.47 Å². The highest BCUT2D eigenvalue weighted by molar-refractivity contribution is 7.93. The third-order valence-electron chi connectivity index (χ3n) is 7.94. The quantitative estimate of drug-likeness (QED) is 0.167. The van der Waals surface area contributed by atoms with Gasteiger partial charge in [-0.3, -0.25) is 0 Å². The summed E-state index contributed by atoms with van der Waals surface area (Å²) in [4.78, 5) is 2.16. The molecule has 5 nitrogen and oxygen atoms in total. The van der Waals surface area contributed by atoms with Gasteiger partial charge in [-0.25, -0.2) is 0 Å². The Morgan fingerprint density at radius 1 is 0.533 bits per heavy atom. The molecule has 45 heavy (non-hydrogen) atoms. The molecule has 6 heteroatoms. The van der Waals surface area contributed by atoms with Crippen LogP contribution in [0.4, 0.5) is 17.1 Å². The molecule has 0 N–H and O–H groups in total. The summed E-state index contributed by atoms with van der Waals surface area (Å²) in [5.74, 6) is 1.56. The summed E-state index contributed by atoms with van der Waals surface area (Å²) in [5, 5.41) is 24.4. The molecule has 0 saturated heterocycles. The topological polar surface area (TPSA) is 69.3 Å². The predicted octanol–water partition coefficient (Wildman–Crippen LogP) is 8.34. The van der Waals surface area contributed by atoms with E-state index in [-0.39, 0.29) is 0 Å². The van der Waals surface area contributed by atoms with Crippen molar-refractivity contribution >= 4 is 45.4 Å². The Kier molecular flexibility index (Phi) is 8.39. The monoisotopic (exact) mass is 603 g/mol. The molecule has 0 fully saturated rings. The lowest BCUT2D eigenvalue weighted by Crippen LogP contribution is -2.24. The predicted molar refractivity (Wildman–Crippen MR) is 186 cm³/mol. The minimum absolute atomic E-state index is 0.608. The molecule has 0 bridgehead atoms. The highest BCUT2D eigenvalue weighted by Gasteiger charge is 2.34. The fraction of sp³-hybridized carbons (Fsp3) is 0.0513. The zero-order valence-electron chi connectivity index (χ0n) is 25.0. The first-order chi connectivity index (χ1) is 22.1. The molecule has 6 rings (SSSR count). The average molecular weight is 604 g/mol. The van der Waals surface area contributed by atoms with E-state index in [0.717, 1.165) is 50.3 Å². The third kappa shape index (κ3) is 5.43. The Morgan fingerprint density at radius 2 is 0.978 bits per heavy atom. The van der Waals surface area contributed by atoms with Gasteiger partial charge in [0.1, 0.15) is 23.6 Å². The second-order valence-electron chi connectivity index (χ2n) is 10.4. The standard InChI is InChI=1S/C39H30N3O2P/c1-43-34-21-17-32(18-22-34)42(33-19-23-35(44-2)24-20-33)31-15-13-29(14-16-31)30-25-38(27-40)45(39(26-30)28-41,36-9-5-3-6-10-36)37-11-7-4-8-12-37/h3-26H,1-2H3. The number of methoxy groups -OCH3 is 2.